The van der Waals surface area contributed by atoms with E-state index in [1.54, 1.807) is 24.3 Å². The van der Waals surface area contributed by atoms with Gasteiger partial charge in [-0.3, -0.25) is 4.79 Å². The summed E-state index contributed by atoms with van der Waals surface area (Å²) in [5, 5.41) is 1.16. The number of hydrogen-bond acceptors (Lipinski definition) is 4. The van der Waals surface area contributed by atoms with E-state index >= 15 is 0 Å². The predicted molar refractivity (Wildman–Crippen MR) is 84.4 cm³/mol. The summed E-state index contributed by atoms with van der Waals surface area (Å²) in [6.45, 7) is 3.66. The fraction of sp³-hybridized carbons (Fsp3) is 0.250. The normalized spacial score (nSPS) is 19.7. The summed E-state index contributed by atoms with van der Waals surface area (Å²) in [6, 6.07) is 8.18. The molecular weight excluding hydrogens is 296 g/mol. The van der Waals surface area contributed by atoms with Crippen LogP contribution in [0, 0.1) is 13.8 Å². The largest absolute Gasteiger partial charge is 0.466 e. The molecule has 0 saturated heterocycles. The van der Waals surface area contributed by atoms with Crippen molar-refractivity contribution in [2.24, 2.45) is 11.5 Å². The molecule has 23 heavy (non-hydrogen) atoms. The Morgan fingerprint density at radius 3 is 2.52 bits per heavy atom. The molecule has 0 fully saturated rings. The fourth-order valence-corrected chi connectivity index (χ4v) is 3.07. The second kappa shape index (κ2) is 5.13. The molecule has 1 unspecified atom stereocenters. The lowest BCUT2D eigenvalue weighted by atomic mass is 9.84. The molecule has 0 bridgehead atoms. The van der Waals surface area contributed by atoms with E-state index in [9.17, 15) is 9.59 Å². The monoisotopic (exact) mass is 314 g/mol. The van der Waals surface area contributed by atoms with Gasteiger partial charge in [0, 0.05) is 12.0 Å². The van der Waals surface area contributed by atoms with E-state index in [4.69, 9.17) is 15.9 Å². The van der Waals surface area contributed by atoms with Gasteiger partial charge in [-0.15, -0.1) is 0 Å². The highest BCUT2D eigenvalue weighted by molar-refractivity contribution is 5.99. The van der Waals surface area contributed by atoms with E-state index in [-0.39, 0.29) is 6.42 Å². The van der Waals surface area contributed by atoms with Crippen LogP contribution in [0.15, 0.2) is 34.7 Å². The van der Waals surface area contributed by atoms with Crippen LogP contribution < -0.4 is 21.9 Å². The summed E-state index contributed by atoms with van der Waals surface area (Å²) in [5.41, 5.74) is 14.7. The Morgan fingerprint density at radius 2 is 1.96 bits per heavy atom. The number of hydrazine groups is 1. The van der Waals surface area contributed by atoms with Crippen LogP contribution in [0.5, 0.6) is 0 Å². The molecule has 0 saturated carbocycles. The Hall–Kier alpha value is -2.80. The third kappa shape index (κ3) is 2.25. The molecule has 120 valence electrons. The Bertz CT molecular complexity index is 798. The summed E-state index contributed by atoms with van der Waals surface area (Å²) >= 11 is 0. The Balaban J connectivity index is 2.14. The lowest BCUT2D eigenvalue weighted by molar-refractivity contribution is -0.124. The number of primary amides is 2. The first-order valence-corrected chi connectivity index (χ1v) is 7.18. The molecule has 7 heteroatoms. The van der Waals surface area contributed by atoms with Gasteiger partial charge in [0.1, 0.15) is 17.1 Å². The molecule has 2 heterocycles. The van der Waals surface area contributed by atoms with Gasteiger partial charge in [-0.05, 0) is 31.5 Å². The number of carbonyl (C=O) groups excluding carboxylic acids is 2. The second-order valence-electron chi connectivity index (χ2n) is 5.69. The Kier molecular flexibility index (Phi) is 3.37. The first-order chi connectivity index (χ1) is 10.8. The van der Waals surface area contributed by atoms with Crippen LogP contribution in [0.25, 0.3) is 0 Å². The molecule has 3 amide bonds. The van der Waals surface area contributed by atoms with Gasteiger partial charge >= 0.3 is 6.03 Å². The summed E-state index contributed by atoms with van der Waals surface area (Å²) in [5.74, 6) is 0.863. The van der Waals surface area contributed by atoms with Gasteiger partial charge in [-0.1, -0.05) is 18.2 Å². The first kappa shape index (κ1) is 15.1. The van der Waals surface area contributed by atoms with E-state index in [1.165, 1.54) is 0 Å². The van der Waals surface area contributed by atoms with Crippen molar-refractivity contribution in [3.8, 4) is 0 Å². The smallest absolute Gasteiger partial charge is 0.333 e. The van der Waals surface area contributed by atoms with Gasteiger partial charge in [0.25, 0.3) is 0 Å². The zero-order valence-corrected chi connectivity index (χ0v) is 12.9. The summed E-state index contributed by atoms with van der Waals surface area (Å²) in [7, 11) is 0. The van der Waals surface area contributed by atoms with Gasteiger partial charge in [0.05, 0.1) is 5.69 Å². The summed E-state index contributed by atoms with van der Waals surface area (Å²) in [4.78, 5) is 24.0. The maximum absolute atomic E-state index is 12.3. The van der Waals surface area contributed by atoms with Gasteiger partial charge in [0.2, 0.25) is 5.91 Å². The van der Waals surface area contributed by atoms with Crippen LogP contribution >= 0.6 is 0 Å². The van der Waals surface area contributed by atoms with Crippen molar-refractivity contribution in [1.82, 2.24) is 5.43 Å². The maximum atomic E-state index is 12.3. The quantitative estimate of drug-likeness (QED) is 0.790. The lowest BCUT2D eigenvalue weighted by Crippen LogP contribution is -2.57. The van der Waals surface area contributed by atoms with Crippen molar-refractivity contribution in [1.29, 1.82) is 0 Å². The summed E-state index contributed by atoms with van der Waals surface area (Å²) < 4.78 is 5.53. The number of hydrogen-bond donors (Lipinski definition) is 3. The number of nitrogens with one attached hydrogen (secondary N) is 1. The molecule has 7 nitrogen and oxygen atoms in total. The number of carbonyl (C=O) groups is 2. The number of urea groups is 1. The molecule has 1 aliphatic heterocycles. The van der Waals surface area contributed by atoms with E-state index in [0.717, 1.165) is 16.3 Å². The summed E-state index contributed by atoms with van der Waals surface area (Å²) in [6.07, 6.45) is 0.256. The maximum Gasteiger partial charge on any atom is 0.333 e. The van der Waals surface area contributed by atoms with Crippen LogP contribution in [-0.4, -0.2) is 11.9 Å². The lowest BCUT2D eigenvalue weighted by Gasteiger charge is -2.27. The van der Waals surface area contributed by atoms with Gasteiger partial charge in [-0.2, -0.15) is 0 Å². The average molecular weight is 314 g/mol. The highest BCUT2D eigenvalue weighted by atomic mass is 16.3. The van der Waals surface area contributed by atoms with Crippen molar-refractivity contribution >= 4 is 17.6 Å². The van der Waals surface area contributed by atoms with Gasteiger partial charge in [0.15, 0.2) is 0 Å². The number of aryl methyl sites for hydroxylation is 2. The zero-order valence-electron chi connectivity index (χ0n) is 12.9. The van der Waals surface area contributed by atoms with Gasteiger partial charge < -0.3 is 15.9 Å². The molecule has 5 N–H and O–H groups in total. The Labute approximate surface area is 133 Å². The standard InChI is InChI=1S/C16H18N4O3/c1-9-7-11(10(2)23-9)8-16(14(17)21)12-5-3-4-6-13(12)20(19-16)15(18)22/h3-7,19H,8H2,1-2H3,(H2,17,21)(H2,18,22). The van der Waals surface area contributed by atoms with Crippen LogP contribution in [-0.2, 0) is 16.8 Å². The van der Waals surface area contributed by atoms with Crippen molar-refractivity contribution in [3.63, 3.8) is 0 Å². The van der Waals surface area contributed by atoms with Crippen molar-refractivity contribution < 1.29 is 14.0 Å². The van der Waals surface area contributed by atoms with E-state index in [2.05, 4.69) is 5.43 Å². The number of para-hydroxylation sites is 1. The molecule has 0 radical (unpaired) electrons. The third-order valence-corrected chi connectivity index (χ3v) is 4.15. The molecule has 0 aliphatic carbocycles. The minimum absolute atomic E-state index is 0.256. The van der Waals surface area contributed by atoms with E-state index in [1.807, 2.05) is 19.9 Å². The van der Waals surface area contributed by atoms with Gasteiger partial charge in [-0.25, -0.2) is 15.2 Å². The molecular formula is C16H18N4O3. The van der Waals surface area contributed by atoms with Crippen LogP contribution in [0.3, 0.4) is 0 Å². The third-order valence-electron chi connectivity index (χ3n) is 4.15. The van der Waals surface area contributed by atoms with Crippen LogP contribution in [0.1, 0.15) is 22.6 Å². The number of nitrogens with two attached hydrogens (primary N) is 2. The van der Waals surface area contributed by atoms with Crippen molar-refractivity contribution in [3.05, 3.63) is 53.0 Å². The average Bonchev–Trinajstić information content (AvgIpc) is 2.98. The van der Waals surface area contributed by atoms with E-state index in [0.29, 0.717) is 17.0 Å². The zero-order chi connectivity index (χ0) is 16.8. The minimum atomic E-state index is -1.26. The highest BCUT2D eigenvalue weighted by Gasteiger charge is 2.49. The Morgan fingerprint density at radius 1 is 1.26 bits per heavy atom. The highest BCUT2D eigenvalue weighted by Crippen LogP contribution is 2.40. The molecule has 1 aromatic carbocycles. The molecule has 2 aromatic rings. The number of benzene rings is 1. The minimum Gasteiger partial charge on any atom is -0.466 e. The number of furan rings is 1. The molecule has 1 aliphatic rings. The number of rotatable bonds is 3. The number of amides is 3. The number of nitrogens with zero attached hydrogens (tertiary/aromatic N) is 1. The predicted octanol–water partition coefficient (Wildman–Crippen LogP) is 1.22. The number of anilines is 1. The van der Waals surface area contributed by atoms with Crippen LogP contribution in [0.4, 0.5) is 10.5 Å². The van der Waals surface area contributed by atoms with Crippen LogP contribution in [0.2, 0.25) is 0 Å². The van der Waals surface area contributed by atoms with Crippen molar-refractivity contribution in [2.75, 3.05) is 5.01 Å². The van der Waals surface area contributed by atoms with E-state index < -0.39 is 17.5 Å². The molecule has 0 spiro atoms. The van der Waals surface area contributed by atoms with Crippen molar-refractivity contribution in [2.45, 2.75) is 25.8 Å². The molecule has 3 rings (SSSR count). The first-order valence-electron chi connectivity index (χ1n) is 7.18. The number of fused-ring (bicyclic) bond motifs is 1. The molecule has 1 aromatic heterocycles. The topological polar surface area (TPSA) is 115 Å². The second-order valence-corrected chi connectivity index (χ2v) is 5.69. The fourth-order valence-electron chi connectivity index (χ4n) is 3.07. The molecule has 1 atom stereocenters. The SMILES string of the molecule is Cc1cc(CC2(C(N)=O)NN(C(N)=O)c3ccccc32)c(C)o1.